The molecule has 0 bridgehead atoms. The molecule has 1 heterocycles. The van der Waals surface area contributed by atoms with E-state index in [1.54, 1.807) is 0 Å². The number of carbonyl (C=O) groups excluding carboxylic acids is 1. The summed E-state index contributed by atoms with van der Waals surface area (Å²) >= 11 is 0. The van der Waals surface area contributed by atoms with Crippen molar-refractivity contribution in [2.45, 2.75) is 58.3 Å². The van der Waals surface area contributed by atoms with E-state index in [4.69, 9.17) is 4.74 Å². The quantitative estimate of drug-likeness (QED) is 0.673. The molecule has 4 heteroatoms. The highest BCUT2D eigenvalue weighted by atomic mass is 16.6. The molecular weight excluding hydrogens is 194 g/mol. The molecule has 0 aromatic heterocycles. The fraction of sp³-hybridized carbons (Fsp3) is 0.909. The standard InChI is InChI=1S/C11H21NO3/c1-11(2,3)15-10(14)12-8-6-4-5-7-9(12)13/h9,13H,4-8H2,1-3H3/t9-/m1/s1. The molecule has 0 radical (unpaired) electrons. The van der Waals surface area contributed by atoms with Crippen molar-refractivity contribution in [3.8, 4) is 0 Å². The topological polar surface area (TPSA) is 49.8 Å². The van der Waals surface area contributed by atoms with E-state index in [2.05, 4.69) is 0 Å². The molecule has 1 amide bonds. The summed E-state index contributed by atoms with van der Waals surface area (Å²) in [5, 5.41) is 9.74. The van der Waals surface area contributed by atoms with Crippen LogP contribution in [0.4, 0.5) is 4.79 Å². The van der Waals surface area contributed by atoms with E-state index in [1.165, 1.54) is 4.90 Å². The van der Waals surface area contributed by atoms with Crippen LogP contribution in [0.15, 0.2) is 0 Å². The number of nitrogens with zero attached hydrogens (tertiary/aromatic N) is 1. The van der Waals surface area contributed by atoms with Gasteiger partial charge in [-0.2, -0.15) is 0 Å². The average molecular weight is 215 g/mol. The van der Waals surface area contributed by atoms with Gasteiger partial charge in [-0.25, -0.2) is 4.79 Å². The fourth-order valence-corrected chi connectivity index (χ4v) is 1.62. The van der Waals surface area contributed by atoms with Gasteiger partial charge in [0.2, 0.25) is 0 Å². The Labute approximate surface area is 91.2 Å². The Hall–Kier alpha value is -0.770. The first-order valence-electron chi connectivity index (χ1n) is 5.58. The maximum Gasteiger partial charge on any atom is 0.412 e. The highest BCUT2D eigenvalue weighted by Gasteiger charge is 2.27. The number of aliphatic hydroxyl groups excluding tert-OH is 1. The lowest BCUT2D eigenvalue weighted by Gasteiger charge is -2.29. The van der Waals surface area contributed by atoms with Crippen molar-refractivity contribution in [2.24, 2.45) is 0 Å². The van der Waals surface area contributed by atoms with Crippen LogP contribution in [-0.2, 0) is 4.74 Å². The second kappa shape index (κ2) is 4.84. The molecule has 1 aliphatic heterocycles. The second-order valence-corrected chi connectivity index (χ2v) is 5.00. The van der Waals surface area contributed by atoms with Crippen molar-refractivity contribution in [1.82, 2.24) is 4.90 Å². The zero-order chi connectivity index (χ0) is 11.5. The number of ether oxygens (including phenoxy) is 1. The molecule has 0 saturated carbocycles. The van der Waals surface area contributed by atoms with Gasteiger partial charge in [0, 0.05) is 6.54 Å². The Morgan fingerprint density at radius 1 is 1.33 bits per heavy atom. The maximum absolute atomic E-state index is 11.7. The van der Waals surface area contributed by atoms with E-state index < -0.39 is 17.9 Å². The van der Waals surface area contributed by atoms with Crippen LogP contribution in [0, 0.1) is 0 Å². The van der Waals surface area contributed by atoms with Crippen LogP contribution in [0.25, 0.3) is 0 Å². The number of aliphatic hydroxyl groups is 1. The van der Waals surface area contributed by atoms with Crippen LogP contribution in [-0.4, -0.2) is 34.5 Å². The van der Waals surface area contributed by atoms with Gasteiger partial charge in [-0.1, -0.05) is 6.42 Å². The molecule has 4 nitrogen and oxygen atoms in total. The van der Waals surface area contributed by atoms with E-state index in [-0.39, 0.29) is 0 Å². The van der Waals surface area contributed by atoms with Crippen LogP contribution in [0.3, 0.4) is 0 Å². The van der Waals surface area contributed by atoms with Gasteiger partial charge in [-0.15, -0.1) is 0 Å². The number of carbonyl (C=O) groups is 1. The third-order valence-corrected chi connectivity index (χ3v) is 2.35. The first-order chi connectivity index (χ1) is 6.90. The maximum atomic E-state index is 11.7. The van der Waals surface area contributed by atoms with Crippen molar-refractivity contribution < 1.29 is 14.6 Å². The minimum absolute atomic E-state index is 0.406. The Kier molecular flexibility index (Phi) is 3.97. The van der Waals surface area contributed by atoms with Gasteiger partial charge in [-0.05, 0) is 40.0 Å². The number of likely N-dealkylation sites (tertiary alicyclic amines) is 1. The van der Waals surface area contributed by atoms with E-state index in [9.17, 15) is 9.90 Å². The Morgan fingerprint density at radius 2 is 2.00 bits per heavy atom. The number of hydrogen-bond donors (Lipinski definition) is 1. The number of hydrogen-bond acceptors (Lipinski definition) is 3. The average Bonchev–Trinajstić information content (AvgIpc) is 2.26. The SMILES string of the molecule is CC(C)(C)OC(=O)N1CCCCC[C@H]1O. The van der Waals surface area contributed by atoms with Gasteiger partial charge in [-0.3, -0.25) is 4.90 Å². The summed E-state index contributed by atoms with van der Waals surface area (Å²) in [6.07, 6.45) is 2.55. The number of amides is 1. The zero-order valence-electron chi connectivity index (χ0n) is 9.82. The van der Waals surface area contributed by atoms with Gasteiger partial charge >= 0.3 is 6.09 Å². The smallest absolute Gasteiger partial charge is 0.412 e. The molecule has 1 fully saturated rings. The highest BCUT2D eigenvalue weighted by molar-refractivity contribution is 5.68. The Bertz CT molecular complexity index is 222. The molecule has 15 heavy (non-hydrogen) atoms. The van der Waals surface area contributed by atoms with E-state index >= 15 is 0 Å². The second-order valence-electron chi connectivity index (χ2n) is 5.00. The largest absolute Gasteiger partial charge is 0.444 e. The van der Waals surface area contributed by atoms with Crippen molar-refractivity contribution in [3.05, 3.63) is 0 Å². The molecule has 1 aliphatic rings. The van der Waals surface area contributed by atoms with E-state index in [0.29, 0.717) is 13.0 Å². The summed E-state index contributed by atoms with van der Waals surface area (Å²) < 4.78 is 5.23. The van der Waals surface area contributed by atoms with Crippen LogP contribution < -0.4 is 0 Å². The third-order valence-electron chi connectivity index (χ3n) is 2.35. The van der Waals surface area contributed by atoms with Crippen molar-refractivity contribution >= 4 is 6.09 Å². The Balaban J connectivity index is 2.56. The normalized spacial score (nSPS) is 23.5. The first-order valence-corrected chi connectivity index (χ1v) is 5.58. The van der Waals surface area contributed by atoms with Crippen LogP contribution in [0.1, 0.15) is 46.5 Å². The van der Waals surface area contributed by atoms with Gasteiger partial charge in [0.15, 0.2) is 0 Å². The highest BCUT2D eigenvalue weighted by Crippen LogP contribution is 2.18. The van der Waals surface area contributed by atoms with Crippen molar-refractivity contribution in [2.75, 3.05) is 6.54 Å². The number of rotatable bonds is 0. The molecule has 1 rings (SSSR count). The van der Waals surface area contributed by atoms with E-state index in [1.807, 2.05) is 20.8 Å². The van der Waals surface area contributed by atoms with Gasteiger partial charge in [0.05, 0.1) is 0 Å². The lowest BCUT2D eigenvalue weighted by atomic mass is 10.2. The first kappa shape index (κ1) is 12.3. The monoisotopic (exact) mass is 215 g/mol. The molecular formula is C11H21NO3. The molecule has 0 aromatic rings. The molecule has 0 aromatic carbocycles. The third kappa shape index (κ3) is 4.08. The molecule has 1 N–H and O–H groups in total. The summed E-state index contributed by atoms with van der Waals surface area (Å²) in [4.78, 5) is 13.1. The molecule has 0 spiro atoms. The summed E-state index contributed by atoms with van der Waals surface area (Å²) in [6.45, 7) is 6.08. The molecule has 0 aliphatic carbocycles. The lowest BCUT2D eigenvalue weighted by molar-refractivity contribution is -0.0292. The minimum atomic E-state index is -0.678. The molecule has 1 atom stereocenters. The summed E-state index contributed by atoms with van der Waals surface area (Å²) in [5.74, 6) is 0. The fourth-order valence-electron chi connectivity index (χ4n) is 1.62. The predicted octanol–water partition coefficient (Wildman–Crippen LogP) is 2.12. The van der Waals surface area contributed by atoms with Crippen molar-refractivity contribution in [1.29, 1.82) is 0 Å². The predicted molar refractivity (Wildman–Crippen MR) is 57.4 cm³/mol. The minimum Gasteiger partial charge on any atom is -0.444 e. The lowest BCUT2D eigenvalue weighted by Crippen LogP contribution is -2.43. The summed E-state index contributed by atoms with van der Waals surface area (Å²) in [5.41, 5.74) is -0.497. The zero-order valence-corrected chi connectivity index (χ0v) is 9.82. The summed E-state index contributed by atoms with van der Waals surface area (Å²) in [7, 11) is 0. The van der Waals surface area contributed by atoms with Crippen LogP contribution in [0.2, 0.25) is 0 Å². The Morgan fingerprint density at radius 3 is 2.60 bits per heavy atom. The van der Waals surface area contributed by atoms with E-state index in [0.717, 1.165) is 19.3 Å². The summed E-state index contributed by atoms with van der Waals surface area (Å²) in [6, 6.07) is 0. The molecule has 1 saturated heterocycles. The van der Waals surface area contributed by atoms with Gasteiger partial charge in [0.25, 0.3) is 0 Å². The van der Waals surface area contributed by atoms with Gasteiger partial charge in [0.1, 0.15) is 11.8 Å². The van der Waals surface area contributed by atoms with Gasteiger partial charge < -0.3 is 9.84 Å². The van der Waals surface area contributed by atoms with Crippen molar-refractivity contribution in [3.63, 3.8) is 0 Å². The molecule has 0 unspecified atom stereocenters. The van der Waals surface area contributed by atoms with Crippen LogP contribution >= 0.6 is 0 Å². The van der Waals surface area contributed by atoms with Crippen LogP contribution in [0.5, 0.6) is 0 Å². The molecule has 88 valence electrons.